The highest BCUT2D eigenvalue weighted by molar-refractivity contribution is 6.10. The fourth-order valence-electron chi connectivity index (χ4n) is 3.31. The summed E-state index contributed by atoms with van der Waals surface area (Å²) >= 11 is 0. The van der Waals surface area contributed by atoms with Crippen LogP contribution in [-0.2, 0) is 13.5 Å². The average molecular weight is 404 g/mol. The number of carbonyl (C=O) groups is 1. The van der Waals surface area contributed by atoms with Crippen LogP contribution in [0.1, 0.15) is 38.4 Å². The van der Waals surface area contributed by atoms with Gasteiger partial charge in [0.15, 0.2) is 0 Å². The summed E-state index contributed by atoms with van der Waals surface area (Å²) in [4.78, 5) is 17.4. The minimum absolute atomic E-state index is 0.192. The van der Waals surface area contributed by atoms with Gasteiger partial charge in [0.2, 0.25) is 5.96 Å². The van der Waals surface area contributed by atoms with Crippen LogP contribution in [0.4, 0.5) is 5.69 Å². The van der Waals surface area contributed by atoms with Gasteiger partial charge in [-0.2, -0.15) is 5.10 Å². The van der Waals surface area contributed by atoms with Gasteiger partial charge in [-0.05, 0) is 69.5 Å². The molecular weight excluding hydrogens is 374 g/mol. The number of guanidine groups is 1. The standard InChI is InChI=1S/C24H29N5O/c1-16-9-11-20(12-10-16)23(30)27-24(26-21-8-6-7-17(2)15-21)25-14-13-22-18(3)28-29(5)19(22)4/h6-12,15H,13-14H2,1-5H3,(H2,25,26,27,30). The van der Waals surface area contributed by atoms with Crippen molar-refractivity contribution in [3.63, 3.8) is 0 Å². The van der Waals surface area contributed by atoms with E-state index >= 15 is 0 Å². The molecule has 156 valence electrons. The Morgan fingerprint density at radius 2 is 1.77 bits per heavy atom. The molecule has 3 rings (SSSR count). The van der Waals surface area contributed by atoms with Crippen LogP contribution in [0.3, 0.4) is 0 Å². The van der Waals surface area contributed by atoms with Crippen molar-refractivity contribution in [1.82, 2.24) is 15.1 Å². The molecule has 2 N–H and O–H groups in total. The lowest BCUT2D eigenvalue weighted by Crippen LogP contribution is -2.36. The van der Waals surface area contributed by atoms with Crippen LogP contribution in [0.5, 0.6) is 0 Å². The molecule has 30 heavy (non-hydrogen) atoms. The number of anilines is 1. The zero-order valence-corrected chi connectivity index (χ0v) is 18.3. The predicted molar refractivity (Wildman–Crippen MR) is 122 cm³/mol. The molecular formula is C24H29N5O. The molecule has 3 aromatic rings. The molecule has 1 aromatic heterocycles. The zero-order valence-electron chi connectivity index (χ0n) is 18.3. The molecule has 1 amide bonds. The molecule has 0 bridgehead atoms. The number of carbonyl (C=O) groups excluding carboxylic acids is 1. The van der Waals surface area contributed by atoms with Gasteiger partial charge in [0, 0.05) is 30.5 Å². The van der Waals surface area contributed by atoms with E-state index < -0.39 is 0 Å². The zero-order chi connectivity index (χ0) is 21.7. The second-order valence-corrected chi connectivity index (χ2v) is 7.57. The Morgan fingerprint density at radius 3 is 2.40 bits per heavy atom. The van der Waals surface area contributed by atoms with E-state index in [2.05, 4.69) is 27.6 Å². The Bertz CT molecular complexity index is 1060. The van der Waals surface area contributed by atoms with Crippen molar-refractivity contribution < 1.29 is 4.79 Å². The highest BCUT2D eigenvalue weighted by atomic mass is 16.1. The molecule has 0 saturated heterocycles. The maximum atomic E-state index is 12.7. The lowest BCUT2D eigenvalue weighted by molar-refractivity contribution is 0.0977. The van der Waals surface area contributed by atoms with Gasteiger partial charge in [0.05, 0.1) is 5.69 Å². The first-order valence-corrected chi connectivity index (χ1v) is 10.1. The maximum absolute atomic E-state index is 12.7. The highest BCUT2D eigenvalue weighted by Crippen LogP contribution is 2.13. The third-order valence-electron chi connectivity index (χ3n) is 5.12. The fourth-order valence-corrected chi connectivity index (χ4v) is 3.31. The third kappa shape index (κ3) is 5.35. The summed E-state index contributed by atoms with van der Waals surface area (Å²) < 4.78 is 1.89. The summed E-state index contributed by atoms with van der Waals surface area (Å²) in [6.45, 7) is 8.63. The SMILES string of the molecule is Cc1ccc(C(=O)NC(=NCCc2c(C)nn(C)c2C)Nc2cccc(C)c2)cc1. The van der Waals surface area contributed by atoms with Crippen molar-refractivity contribution in [2.75, 3.05) is 11.9 Å². The summed E-state index contributed by atoms with van der Waals surface area (Å²) in [5.41, 5.74) is 7.07. The van der Waals surface area contributed by atoms with Crippen LogP contribution in [0, 0.1) is 27.7 Å². The van der Waals surface area contributed by atoms with Gasteiger partial charge in [-0.15, -0.1) is 0 Å². The van der Waals surface area contributed by atoms with Gasteiger partial charge < -0.3 is 5.32 Å². The van der Waals surface area contributed by atoms with Crippen LogP contribution in [0.2, 0.25) is 0 Å². The van der Waals surface area contributed by atoms with E-state index in [-0.39, 0.29) is 5.91 Å². The Morgan fingerprint density at radius 1 is 1.03 bits per heavy atom. The minimum atomic E-state index is -0.192. The molecule has 0 radical (unpaired) electrons. The number of nitrogens with zero attached hydrogens (tertiary/aromatic N) is 3. The molecule has 1 heterocycles. The first kappa shape index (κ1) is 21.3. The first-order chi connectivity index (χ1) is 14.3. The molecule has 0 aliphatic heterocycles. The predicted octanol–water partition coefficient (Wildman–Crippen LogP) is 4.09. The fraction of sp³-hybridized carbons (Fsp3) is 0.292. The summed E-state index contributed by atoms with van der Waals surface area (Å²) in [6.07, 6.45) is 0.755. The lowest BCUT2D eigenvalue weighted by atomic mass is 10.1. The summed E-state index contributed by atoms with van der Waals surface area (Å²) in [5, 5.41) is 10.6. The normalized spacial score (nSPS) is 11.4. The second kappa shape index (κ2) is 9.39. The van der Waals surface area contributed by atoms with Crippen LogP contribution in [-0.4, -0.2) is 28.2 Å². The van der Waals surface area contributed by atoms with Crippen LogP contribution >= 0.6 is 0 Å². The number of hydrogen-bond acceptors (Lipinski definition) is 3. The number of amides is 1. The monoisotopic (exact) mass is 403 g/mol. The first-order valence-electron chi connectivity index (χ1n) is 10.1. The Labute approximate surface area is 178 Å². The smallest absolute Gasteiger partial charge is 0.257 e. The molecule has 0 aliphatic rings. The minimum Gasteiger partial charge on any atom is -0.326 e. The van der Waals surface area contributed by atoms with Gasteiger partial charge in [0.1, 0.15) is 0 Å². The molecule has 0 unspecified atom stereocenters. The number of hydrogen-bond donors (Lipinski definition) is 2. The topological polar surface area (TPSA) is 71.3 Å². The summed E-state index contributed by atoms with van der Waals surface area (Å²) in [7, 11) is 1.95. The van der Waals surface area contributed by atoms with E-state index in [1.807, 2.05) is 81.0 Å². The molecule has 0 aliphatic carbocycles. The van der Waals surface area contributed by atoms with E-state index in [1.165, 1.54) is 5.56 Å². The quantitative estimate of drug-likeness (QED) is 0.498. The maximum Gasteiger partial charge on any atom is 0.257 e. The largest absolute Gasteiger partial charge is 0.326 e. The lowest BCUT2D eigenvalue weighted by Gasteiger charge is -2.13. The van der Waals surface area contributed by atoms with E-state index in [4.69, 9.17) is 0 Å². The molecule has 0 fully saturated rings. The number of aryl methyl sites for hydroxylation is 4. The Balaban J connectivity index is 1.78. The van der Waals surface area contributed by atoms with E-state index in [9.17, 15) is 4.79 Å². The van der Waals surface area contributed by atoms with Crippen molar-refractivity contribution in [1.29, 1.82) is 0 Å². The second-order valence-electron chi connectivity index (χ2n) is 7.57. The van der Waals surface area contributed by atoms with Gasteiger partial charge >= 0.3 is 0 Å². The van der Waals surface area contributed by atoms with E-state index in [1.54, 1.807) is 0 Å². The van der Waals surface area contributed by atoms with E-state index in [0.29, 0.717) is 18.1 Å². The Kier molecular flexibility index (Phi) is 6.67. The van der Waals surface area contributed by atoms with Crippen molar-refractivity contribution in [2.24, 2.45) is 12.0 Å². The van der Waals surface area contributed by atoms with Crippen LogP contribution in [0.25, 0.3) is 0 Å². The van der Waals surface area contributed by atoms with Crippen LogP contribution < -0.4 is 10.6 Å². The number of aliphatic imine (C=N–C) groups is 1. The van der Waals surface area contributed by atoms with Crippen molar-refractivity contribution in [3.8, 4) is 0 Å². The highest BCUT2D eigenvalue weighted by Gasteiger charge is 2.11. The third-order valence-corrected chi connectivity index (χ3v) is 5.12. The van der Waals surface area contributed by atoms with Gasteiger partial charge in [-0.1, -0.05) is 29.8 Å². The van der Waals surface area contributed by atoms with Crippen molar-refractivity contribution in [2.45, 2.75) is 34.1 Å². The molecule has 6 heteroatoms. The van der Waals surface area contributed by atoms with Gasteiger partial charge in [-0.3, -0.25) is 19.8 Å². The Hall–Kier alpha value is -3.41. The van der Waals surface area contributed by atoms with E-state index in [0.717, 1.165) is 34.6 Å². The van der Waals surface area contributed by atoms with Gasteiger partial charge in [-0.25, -0.2) is 0 Å². The molecule has 0 saturated carbocycles. The molecule has 0 atom stereocenters. The number of aromatic nitrogens is 2. The van der Waals surface area contributed by atoms with Crippen LogP contribution in [0.15, 0.2) is 53.5 Å². The number of rotatable bonds is 5. The summed E-state index contributed by atoms with van der Waals surface area (Å²) in [6, 6.07) is 15.5. The molecule has 2 aromatic carbocycles. The summed E-state index contributed by atoms with van der Waals surface area (Å²) in [5.74, 6) is 0.244. The van der Waals surface area contributed by atoms with Crippen molar-refractivity contribution in [3.05, 3.63) is 82.2 Å². The average Bonchev–Trinajstić information content (AvgIpc) is 2.94. The number of nitrogens with one attached hydrogen (secondary N) is 2. The van der Waals surface area contributed by atoms with Gasteiger partial charge in [0.25, 0.3) is 5.91 Å². The number of benzene rings is 2. The molecule has 0 spiro atoms. The molecule has 6 nitrogen and oxygen atoms in total. The van der Waals surface area contributed by atoms with Crippen molar-refractivity contribution >= 4 is 17.6 Å².